The molecule has 2 atom stereocenters. The summed E-state index contributed by atoms with van der Waals surface area (Å²) in [4.78, 5) is 29.9. The number of piperidine rings is 1. The van der Waals surface area contributed by atoms with Gasteiger partial charge in [0.1, 0.15) is 18.3 Å². The molecule has 0 N–H and O–H groups in total. The third-order valence-corrected chi connectivity index (χ3v) is 5.59. The summed E-state index contributed by atoms with van der Waals surface area (Å²) in [5, 5.41) is 15.5. The van der Waals surface area contributed by atoms with Gasteiger partial charge in [-0.2, -0.15) is 5.10 Å². The molecule has 0 spiro atoms. The second kappa shape index (κ2) is 6.86. The molecular weight excluding hydrogens is 334 g/mol. The fraction of sp³-hybridized carbons (Fsp3) is 0.500. The second-order valence-electron chi connectivity index (χ2n) is 7.05. The molecule has 2 aliphatic rings. The van der Waals surface area contributed by atoms with E-state index in [-0.39, 0.29) is 17.6 Å². The van der Waals surface area contributed by atoms with Crippen molar-refractivity contribution >= 4 is 11.6 Å². The van der Waals surface area contributed by atoms with E-state index in [9.17, 15) is 14.9 Å². The first-order valence-electron chi connectivity index (χ1n) is 9.09. The number of amides is 1. The molecule has 26 heavy (non-hydrogen) atoms. The van der Waals surface area contributed by atoms with E-state index in [4.69, 9.17) is 0 Å². The lowest BCUT2D eigenvalue weighted by Crippen LogP contribution is -2.49. The number of hydrogen-bond donors (Lipinski definition) is 0. The van der Waals surface area contributed by atoms with Crippen LogP contribution in [-0.2, 0) is 0 Å². The Kier molecular flexibility index (Phi) is 4.40. The second-order valence-corrected chi connectivity index (χ2v) is 7.05. The zero-order valence-electron chi connectivity index (χ0n) is 14.5. The SMILES string of the molecule is O=C(c1ccc(-n2cncn2)c([N+](=O)[O-])c1)N1CCC[C@H]2CCCC[C@@H]21. The third-order valence-electron chi connectivity index (χ3n) is 5.59. The normalized spacial score (nSPS) is 22.7. The Morgan fingerprint density at radius 1 is 1.19 bits per heavy atom. The molecule has 1 saturated heterocycles. The molecule has 0 radical (unpaired) electrons. The largest absolute Gasteiger partial charge is 0.335 e. The highest BCUT2D eigenvalue weighted by Gasteiger charge is 2.36. The van der Waals surface area contributed by atoms with Gasteiger partial charge in [-0.15, -0.1) is 0 Å². The zero-order valence-corrected chi connectivity index (χ0v) is 14.5. The van der Waals surface area contributed by atoms with Crippen LogP contribution in [0.15, 0.2) is 30.9 Å². The quantitative estimate of drug-likeness (QED) is 0.623. The number of carbonyl (C=O) groups is 1. The zero-order chi connectivity index (χ0) is 18.1. The van der Waals surface area contributed by atoms with Gasteiger partial charge in [-0.25, -0.2) is 9.67 Å². The maximum Gasteiger partial charge on any atom is 0.295 e. The van der Waals surface area contributed by atoms with Gasteiger partial charge < -0.3 is 4.90 Å². The van der Waals surface area contributed by atoms with Crippen LogP contribution in [0.1, 0.15) is 48.9 Å². The van der Waals surface area contributed by atoms with Crippen molar-refractivity contribution in [3.05, 3.63) is 46.5 Å². The molecule has 4 rings (SSSR count). The molecule has 0 unspecified atom stereocenters. The minimum absolute atomic E-state index is 0.102. The molecule has 0 bridgehead atoms. The first-order chi connectivity index (χ1) is 12.6. The summed E-state index contributed by atoms with van der Waals surface area (Å²) in [7, 11) is 0. The van der Waals surface area contributed by atoms with Crippen LogP contribution < -0.4 is 0 Å². The number of rotatable bonds is 3. The van der Waals surface area contributed by atoms with Crippen LogP contribution in [0.3, 0.4) is 0 Å². The average Bonchev–Trinajstić information content (AvgIpc) is 3.21. The number of aromatic nitrogens is 3. The van der Waals surface area contributed by atoms with Gasteiger partial charge in [-0.1, -0.05) is 12.8 Å². The van der Waals surface area contributed by atoms with Crippen molar-refractivity contribution in [3.63, 3.8) is 0 Å². The van der Waals surface area contributed by atoms with Crippen molar-refractivity contribution in [1.29, 1.82) is 0 Å². The van der Waals surface area contributed by atoms with E-state index >= 15 is 0 Å². The molecule has 1 aliphatic carbocycles. The molecule has 2 heterocycles. The molecule has 8 nitrogen and oxygen atoms in total. The highest BCUT2D eigenvalue weighted by Crippen LogP contribution is 2.36. The van der Waals surface area contributed by atoms with Gasteiger partial charge in [0.15, 0.2) is 0 Å². The summed E-state index contributed by atoms with van der Waals surface area (Å²) >= 11 is 0. The topological polar surface area (TPSA) is 94.2 Å². The Morgan fingerprint density at radius 3 is 2.77 bits per heavy atom. The Labute approximate surface area is 151 Å². The average molecular weight is 355 g/mol. The fourth-order valence-electron chi connectivity index (χ4n) is 4.37. The molecule has 1 aromatic heterocycles. The van der Waals surface area contributed by atoms with Crippen LogP contribution in [0.4, 0.5) is 5.69 Å². The lowest BCUT2D eigenvalue weighted by Gasteiger charge is -2.44. The first-order valence-corrected chi connectivity index (χ1v) is 9.09. The number of hydrogen-bond acceptors (Lipinski definition) is 5. The van der Waals surface area contributed by atoms with Gasteiger partial charge in [0.2, 0.25) is 0 Å². The van der Waals surface area contributed by atoms with Crippen LogP contribution in [0.2, 0.25) is 0 Å². The van der Waals surface area contributed by atoms with Crippen molar-refractivity contribution in [3.8, 4) is 5.69 Å². The van der Waals surface area contributed by atoms with Gasteiger partial charge in [0.25, 0.3) is 11.6 Å². The summed E-state index contributed by atoms with van der Waals surface area (Å²) in [5.74, 6) is 0.473. The van der Waals surface area contributed by atoms with E-state index in [1.54, 1.807) is 12.1 Å². The van der Waals surface area contributed by atoms with Gasteiger partial charge in [0, 0.05) is 24.2 Å². The summed E-state index contributed by atoms with van der Waals surface area (Å²) < 4.78 is 1.34. The molecule has 1 amide bonds. The number of nitro groups is 1. The minimum Gasteiger partial charge on any atom is -0.335 e. The smallest absolute Gasteiger partial charge is 0.295 e. The van der Waals surface area contributed by atoms with Crippen LogP contribution in [-0.4, -0.2) is 43.1 Å². The number of nitro benzene ring substituents is 1. The highest BCUT2D eigenvalue weighted by atomic mass is 16.6. The number of nitrogens with zero attached hydrogens (tertiary/aromatic N) is 5. The van der Waals surface area contributed by atoms with Crippen molar-refractivity contribution in [2.75, 3.05) is 6.54 Å². The lowest BCUT2D eigenvalue weighted by molar-refractivity contribution is -0.384. The maximum atomic E-state index is 13.1. The van der Waals surface area contributed by atoms with Crippen molar-refractivity contribution in [2.45, 2.75) is 44.6 Å². The fourth-order valence-corrected chi connectivity index (χ4v) is 4.37. The van der Waals surface area contributed by atoms with Crippen LogP contribution in [0.25, 0.3) is 5.69 Å². The third kappa shape index (κ3) is 2.95. The molecule has 1 aliphatic heterocycles. The predicted molar refractivity (Wildman–Crippen MR) is 94.0 cm³/mol. The number of fused-ring (bicyclic) bond motifs is 1. The molecule has 136 valence electrons. The molecular formula is C18H21N5O3. The number of carbonyl (C=O) groups excluding carboxylic acids is 1. The first kappa shape index (κ1) is 16.7. The van der Waals surface area contributed by atoms with Crippen molar-refractivity contribution in [2.24, 2.45) is 5.92 Å². The summed E-state index contributed by atoms with van der Waals surface area (Å²) in [6.07, 6.45) is 9.51. The van der Waals surface area contributed by atoms with Crippen LogP contribution in [0.5, 0.6) is 0 Å². The summed E-state index contributed by atoms with van der Waals surface area (Å²) in [5.41, 5.74) is 0.531. The molecule has 2 aromatic rings. The van der Waals surface area contributed by atoms with Gasteiger partial charge in [0.05, 0.1) is 4.92 Å². The molecule has 8 heteroatoms. The van der Waals surface area contributed by atoms with E-state index in [1.165, 1.54) is 42.7 Å². The highest BCUT2D eigenvalue weighted by molar-refractivity contribution is 5.95. The van der Waals surface area contributed by atoms with Crippen LogP contribution >= 0.6 is 0 Å². The Hall–Kier alpha value is -2.77. The Bertz CT molecular complexity index is 818. The molecule has 1 saturated carbocycles. The van der Waals surface area contributed by atoms with Crippen molar-refractivity contribution < 1.29 is 9.72 Å². The van der Waals surface area contributed by atoms with Crippen LogP contribution in [0, 0.1) is 16.0 Å². The summed E-state index contributed by atoms with van der Waals surface area (Å²) in [6, 6.07) is 4.87. The maximum absolute atomic E-state index is 13.1. The lowest BCUT2D eigenvalue weighted by atomic mass is 9.78. The Morgan fingerprint density at radius 2 is 2.00 bits per heavy atom. The number of benzene rings is 1. The van der Waals surface area contributed by atoms with Gasteiger partial charge in [-0.3, -0.25) is 14.9 Å². The van der Waals surface area contributed by atoms with Gasteiger partial charge in [-0.05, 0) is 43.7 Å². The van der Waals surface area contributed by atoms with E-state index in [0.717, 1.165) is 25.8 Å². The minimum atomic E-state index is -0.479. The van der Waals surface area contributed by atoms with E-state index < -0.39 is 4.92 Å². The molecule has 1 aromatic carbocycles. The standard InChI is InChI=1S/C18H21N5O3/c24-18(21-9-3-5-13-4-1-2-6-15(13)21)14-7-8-16(17(10-14)23(25)26)22-12-19-11-20-22/h7-8,10-13,15H,1-6,9H2/t13-,15+/m1/s1. The van der Waals surface area contributed by atoms with E-state index in [1.807, 2.05) is 4.90 Å². The predicted octanol–water partition coefficient (Wildman–Crippen LogP) is 2.97. The van der Waals surface area contributed by atoms with E-state index in [2.05, 4.69) is 10.1 Å². The van der Waals surface area contributed by atoms with Crippen molar-refractivity contribution in [1.82, 2.24) is 19.7 Å². The number of likely N-dealkylation sites (tertiary alicyclic amines) is 1. The van der Waals surface area contributed by atoms with Gasteiger partial charge >= 0.3 is 0 Å². The van der Waals surface area contributed by atoms with E-state index in [0.29, 0.717) is 17.2 Å². The Balaban J connectivity index is 1.65. The summed E-state index contributed by atoms with van der Waals surface area (Å²) in [6.45, 7) is 0.735. The molecule has 2 fully saturated rings. The monoisotopic (exact) mass is 355 g/mol.